The monoisotopic (exact) mass is 254 g/mol. The summed E-state index contributed by atoms with van der Waals surface area (Å²) in [6.45, 7) is 5.12. The van der Waals surface area contributed by atoms with Crippen LogP contribution >= 0.6 is 0 Å². The van der Waals surface area contributed by atoms with Gasteiger partial charge >= 0.3 is 0 Å². The molecule has 0 bridgehead atoms. The topological polar surface area (TPSA) is 43.8 Å². The molecule has 0 aromatic rings. The maximum atomic E-state index is 12.0. The Kier molecular flexibility index (Phi) is 5.45. The SMILES string of the molecule is O=C(CCN1CCC[C@H](CO)C1)N1CCCCC1. The number of aliphatic hydroxyl groups excluding tert-OH is 1. The molecule has 0 saturated carbocycles. The largest absolute Gasteiger partial charge is 0.396 e. The van der Waals surface area contributed by atoms with E-state index >= 15 is 0 Å². The molecule has 0 aromatic carbocycles. The third-order valence-electron chi connectivity index (χ3n) is 4.21. The van der Waals surface area contributed by atoms with Crippen molar-refractivity contribution in [3.05, 3.63) is 0 Å². The first kappa shape index (κ1) is 13.8. The van der Waals surface area contributed by atoms with Gasteiger partial charge in [0, 0.05) is 39.2 Å². The van der Waals surface area contributed by atoms with E-state index in [1.165, 1.54) is 19.3 Å². The molecule has 1 N–H and O–H groups in total. The molecule has 0 unspecified atom stereocenters. The van der Waals surface area contributed by atoms with E-state index in [2.05, 4.69) is 4.90 Å². The summed E-state index contributed by atoms with van der Waals surface area (Å²) in [5.74, 6) is 0.740. The Morgan fingerprint density at radius 2 is 1.89 bits per heavy atom. The lowest BCUT2D eigenvalue weighted by molar-refractivity contribution is -0.132. The summed E-state index contributed by atoms with van der Waals surface area (Å²) in [5, 5.41) is 9.19. The molecule has 0 aliphatic carbocycles. The summed E-state index contributed by atoms with van der Waals surface area (Å²) in [6, 6.07) is 0. The molecule has 2 rings (SSSR count). The highest BCUT2D eigenvalue weighted by Gasteiger charge is 2.21. The summed E-state index contributed by atoms with van der Waals surface area (Å²) in [6.07, 6.45) is 6.55. The number of carbonyl (C=O) groups is 1. The fourth-order valence-electron chi connectivity index (χ4n) is 3.06. The van der Waals surface area contributed by atoms with Gasteiger partial charge in [0.25, 0.3) is 0 Å². The average Bonchev–Trinajstić information content (AvgIpc) is 2.46. The molecular weight excluding hydrogens is 228 g/mol. The van der Waals surface area contributed by atoms with Crippen LogP contribution in [0.5, 0.6) is 0 Å². The summed E-state index contributed by atoms with van der Waals surface area (Å²) in [4.78, 5) is 16.4. The Bertz CT molecular complexity index is 265. The van der Waals surface area contributed by atoms with Crippen LogP contribution in [0.2, 0.25) is 0 Å². The van der Waals surface area contributed by atoms with Gasteiger partial charge in [-0.15, -0.1) is 0 Å². The third kappa shape index (κ3) is 3.95. The standard InChI is InChI=1S/C14H26N2O2/c17-12-13-5-4-7-15(11-13)10-6-14(18)16-8-2-1-3-9-16/h13,17H,1-12H2/t13-/m0/s1. The normalized spacial score (nSPS) is 26.3. The zero-order chi connectivity index (χ0) is 12.8. The van der Waals surface area contributed by atoms with Crippen LogP contribution in [-0.2, 0) is 4.79 Å². The predicted molar refractivity (Wildman–Crippen MR) is 71.3 cm³/mol. The maximum absolute atomic E-state index is 12.0. The van der Waals surface area contributed by atoms with Crippen molar-refractivity contribution in [3.8, 4) is 0 Å². The minimum absolute atomic E-state index is 0.288. The first-order chi connectivity index (χ1) is 8.79. The predicted octanol–water partition coefficient (Wildman–Crippen LogP) is 1.09. The van der Waals surface area contributed by atoms with Crippen LogP contribution < -0.4 is 0 Å². The minimum atomic E-state index is 0.288. The zero-order valence-electron chi connectivity index (χ0n) is 11.3. The van der Waals surface area contributed by atoms with Crippen LogP contribution in [0.1, 0.15) is 38.5 Å². The number of piperidine rings is 2. The smallest absolute Gasteiger partial charge is 0.223 e. The molecule has 104 valence electrons. The van der Waals surface area contributed by atoms with E-state index in [4.69, 9.17) is 0 Å². The molecule has 4 heteroatoms. The summed E-state index contributed by atoms with van der Waals surface area (Å²) >= 11 is 0. The second kappa shape index (κ2) is 7.10. The highest BCUT2D eigenvalue weighted by molar-refractivity contribution is 5.76. The van der Waals surface area contributed by atoms with E-state index < -0.39 is 0 Å². The average molecular weight is 254 g/mol. The van der Waals surface area contributed by atoms with Crippen molar-refractivity contribution < 1.29 is 9.90 Å². The van der Waals surface area contributed by atoms with Gasteiger partial charge in [0.05, 0.1) is 0 Å². The number of aliphatic hydroxyl groups is 1. The van der Waals surface area contributed by atoms with Gasteiger partial charge in [-0.1, -0.05) is 0 Å². The first-order valence-corrected chi connectivity index (χ1v) is 7.40. The van der Waals surface area contributed by atoms with Crippen LogP contribution in [0.4, 0.5) is 0 Å². The van der Waals surface area contributed by atoms with Gasteiger partial charge < -0.3 is 14.9 Å². The lowest BCUT2D eigenvalue weighted by Crippen LogP contribution is -2.41. The first-order valence-electron chi connectivity index (χ1n) is 7.40. The molecule has 2 saturated heterocycles. The van der Waals surface area contributed by atoms with Crippen molar-refractivity contribution in [2.24, 2.45) is 5.92 Å². The maximum Gasteiger partial charge on any atom is 0.223 e. The Hall–Kier alpha value is -0.610. The highest BCUT2D eigenvalue weighted by atomic mass is 16.3. The Morgan fingerprint density at radius 3 is 2.61 bits per heavy atom. The van der Waals surface area contributed by atoms with Crippen molar-refractivity contribution in [1.29, 1.82) is 0 Å². The molecule has 2 heterocycles. The molecule has 2 fully saturated rings. The summed E-state index contributed by atoms with van der Waals surface area (Å²) in [7, 11) is 0. The molecule has 2 aliphatic heterocycles. The number of amides is 1. The van der Waals surface area contributed by atoms with E-state index in [1.54, 1.807) is 0 Å². The quantitative estimate of drug-likeness (QED) is 0.817. The fraction of sp³-hybridized carbons (Fsp3) is 0.929. The molecule has 4 nitrogen and oxygen atoms in total. The lowest BCUT2D eigenvalue weighted by atomic mass is 9.99. The Morgan fingerprint density at radius 1 is 1.11 bits per heavy atom. The van der Waals surface area contributed by atoms with E-state index in [0.29, 0.717) is 18.2 Å². The molecule has 0 spiro atoms. The number of nitrogens with zero attached hydrogens (tertiary/aromatic N) is 2. The van der Waals surface area contributed by atoms with E-state index in [-0.39, 0.29) is 6.61 Å². The van der Waals surface area contributed by atoms with Crippen LogP contribution in [-0.4, -0.2) is 60.1 Å². The van der Waals surface area contributed by atoms with Gasteiger partial charge in [-0.25, -0.2) is 0 Å². The fourth-order valence-corrected chi connectivity index (χ4v) is 3.06. The van der Waals surface area contributed by atoms with Crippen LogP contribution in [0, 0.1) is 5.92 Å². The third-order valence-corrected chi connectivity index (χ3v) is 4.21. The summed E-state index contributed by atoms with van der Waals surface area (Å²) < 4.78 is 0. The molecular formula is C14H26N2O2. The number of likely N-dealkylation sites (tertiary alicyclic amines) is 2. The van der Waals surface area contributed by atoms with Gasteiger partial charge in [0.2, 0.25) is 5.91 Å². The van der Waals surface area contributed by atoms with Gasteiger partial charge in [0.1, 0.15) is 0 Å². The van der Waals surface area contributed by atoms with Crippen molar-refractivity contribution >= 4 is 5.91 Å². The summed E-state index contributed by atoms with van der Waals surface area (Å²) in [5.41, 5.74) is 0. The van der Waals surface area contributed by atoms with Gasteiger partial charge in [-0.2, -0.15) is 0 Å². The van der Waals surface area contributed by atoms with Crippen LogP contribution in [0.3, 0.4) is 0 Å². The van der Waals surface area contributed by atoms with Gasteiger partial charge in [-0.05, 0) is 44.6 Å². The van der Waals surface area contributed by atoms with Gasteiger partial charge in [0.15, 0.2) is 0 Å². The van der Waals surface area contributed by atoms with Crippen molar-refractivity contribution in [1.82, 2.24) is 9.80 Å². The molecule has 1 amide bonds. The second-order valence-electron chi connectivity index (χ2n) is 5.68. The number of hydrogen-bond donors (Lipinski definition) is 1. The number of rotatable bonds is 4. The van der Waals surface area contributed by atoms with Crippen molar-refractivity contribution in [3.63, 3.8) is 0 Å². The minimum Gasteiger partial charge on any atom is -0.396 e. The number of carbonyl (C=O) groups excluding carboxylic acids is 1. The molecule has 18 heavy (non-hydrogen) atoms. The van der Waals surface area contributed by atoms with E-state index in [1.807, 2.05) is 4.90 Å². The molecule has 1 atom stereocenters. The molecule has 0 aromatic heterocycles. The second-order valence-corrected chi connectivity index (χ2v) is 5.68. The number of hydrogen-bond acceptors (Lipinski definition) is 3. The van der Waals surface area contributed by atoms with Crippen molar-refractivity contribution in [2.45, 2.75) is 38.5 Å². The zero-order valence-corrected chi connectivity index (χ0v) is 11.3. The Balaban J connectivity index is 1.68. The van der Waals surface area contributed by atoms with E-state index in [9.17, 15) is 9.90 Å². The Labute approximate surface area is 110 Å². The van der Waals surface area contributed by atoms with Crippen LogP contribution in [0.15, 0.2) is 0 Å². The van der Waals surface area contributed by atoms with Gasteiger partial charge in [-0.3, -0.25) is 4.79 Å². The van der Waals surface area contributed by atoms with E-state index in [0.717, 1.165) is 45.6 Å². The highest BCUT2D eigenvalue weighted by Crippen LogP contribution is 2.16. The lowest BCUT2D eigenvalue weighted by Gasteiger charge is -2.32. The molecule has 0 radical (unpaired) electrons. The van der Waals surface area contributed by atoms with Crippen molar-refractivity contribution in [2.75, 3.05) is 39.3 Å². The van der Waals surface area contributed by atoms with Crippen LogP contribution in [0.25, 0.3) is 0 Å². The molecule has 2 aliphatic rings.